The third-order valence-corrected chi connectivity index (χ3v) is 5.47. The van der Waals surface area contributed by atoms with Gasteiger partial charge in [0.05, 0.1) is 16.7 Å². The number of hydrogen-bond donors (Lipinski definition) is 1. The van der Waals surface area contributed by atoms with E-state index in [-0.39, 0.29) is 21.5 Å². The fourth-order valence-electron chi connectivity index (χ4n) is 1.96. The van der Waals surface area contributed by atoms with Crippen LogP contribution in [0.25, 0.3) is 0 Å². The first kappa shape index (κ1) is 18.2. The van der Waals surface area contributed by atoms with Gasteiger partial charge in [0.2, 0.25) is 10.0 Å². The van der Waals surface area contributed by atoms with Gasteiger partial charge in [0.25, 0.3) is 0 Å². The molecule has 1 N–H and O–H groups in total. The standard InChI is InChI=1S/C16H17Cl2NO3S/c17-14-8-4-9-15(18)16(14)23(20,21)19-10-5-11-22-12-13-6-2-1-3-7-13/h1-4,6-9,19H,5,10-12H2. The second kappa shape index (κ2) is 8.66. The predicted octanol–water partition coefficient (Wildman–Crippen LogP) is 3.88. The largest absolute Gasteiger partial charge is 0.377 e. The van der Waals surface area contributed by atoms with Crippen molar-refractivity contribution in [1.29, 1.82) is 0 Å². The molecule has 124 valence electrons. The predicted molar refractivity (Wildman–Crippen MR) is 92.4 cm³/mol. The quantitative estimate of drug-likeness (QED) is 0.714. The fourth-order valence-corrected chi connectivity index (χ4v) is 4.17. The van der Waals surface area contributed by atoms with Gasteiger partial charge in [0.1, 0.15) is 4.90 Å². The van der Waals surface area contributed by atoms with E-state index in [4.69, 9.17) is 27.9 Å². The molecule has 0 amide bonds. The average molecular weight is 374 g/mol. The van der Waals surface area contributed by atoms with E-state index < -0.39 is 10.0 Å². The zero-order valence-electron chi connectivity index (χ0n) is 12.3. The highest BCUT2D eigenvalue weighted by Crippen LogP contribution is 2.28. The van der Waals surface area contributed by atoms with Crippen LogP contribution in [-0.4, -0.2) is 21.6 Å². The van der Waals surface area contributed by atoms with Crippen LogP contribution < -0.4 is 4.72 Å². The van der Waals surface area contributed by atoms with Crippen LogP contribution >= 0.6 is 23.2 Å². The molecule has 0 saturated heterocycles. The Balaban J connectivity index is 1.77. The Hall–Kier alpha value is -1.11. The summed E-state index contributed by atoms with van der Waals surface area (Å²) in [7, 11) is -3.73. The topological polar surface area (TPSA) is 55.4 Å². The van der Waals surface area contributed by atoms with Gasteiger partial charge in [-0.25, -0.2) is 13.1 Å². The summed E-state index contributed by atoms with van der Waals surface area (Å²) in [6.45, 7) is 1.20. The zero-order chi connectivity index (χ0) is 16.7. The Labute approximate surface area is 146 Å². The van der Waals surface area contributed by atoms with Gasteiger partial charge >= 0.3 is 0 Å². The Morgan fingerprint density at radius 3 is 2.26 bits per heavy atom. The van der Waals surface area contributed by atoms with Crippen LogP contribution in [0.2, 0.25) is 10.0 Å². The maximum atomic E-state index is 12.2. The first-order chi connectivity index (χ1) is 11.0. The highest BCUT2D eigenvalue weighted by atomic mass is 35.5. The van der Waals surface area contributed by atoms with Crippen molar-refractivity contribution in [3.8, 4) is 0 Å². The molecule has 0 aliphatic carbocycles. The molecule has 23 heavy (non-hydrogen) atoms. The maximum absolute atomic E-state index is 12.2. The monoisotopic (exact) mass is 373 g/mol. The third-order valence-electron chi connectivity index (χ3n) is 3.06. The lowest BCUT2D eigenvalue weighted by atomic mass is 10.2. The van der Waals surface area contributed by atoms with Gasteiger partial charge in [-0.3, -0.25) is 0 Å². The number of rotatable bonds is 8. The summed E-state index contributed by atoms with van der Waals surface area (Å²) in [5.41, 5.74) is 1.08. The maximum Gasteiger partial charge on any atom is 0.243 e. The van der Waals surface area contributed by atoms with Crippen molar-refractivity contribution in [2.24, 2.45) is 0 Å². The lowest BCUT2D eigenvalue weighted by Gasteiger charge is -2.10. The number of sulfonamides is 1. The smallest absolute Gasteiger partial charge is 0.243 e. The van der Waals surface area contributed by atoms with E-state index in [1.165, 1.54) is 12.1 Å². The molecular weight excluding hydrogens is 357 g/mol. The van der Waals surface area contributed by atoms with Crippen molar-refractivity contribution < 1.29 is 13.2 Å². The SMILES string of the molecule is O=S(=O)(NCCCOCc1ccccc1)c1c(Cl)cccc1Cl. The molecule has 2 aromatic carbocycles. The summed E-state index contributed by atoms with van der Waals surface area (Å²) in [4.78, 5) is -0.0893. The molecule has 0 heterocycles. The van der Waals surface area contributed by atoms with E-state index in [2.05, 4.69) is 4.72 Å². The molecule has 0 aliphatic heterocycles. The van der Waals surface area contributed by atoms with Crippen molar-refractivity contribution in [2.45, 2.75) is 17.9 Å². The van der Waals surface area contributed by atoms with Gasteiger partial charge in [-0.15, -0.1) is 0 Å². The minimum Gasteiger partial charge on any atom is -0.377 e. The lowest BCUT2D eigenvalue weighted by Crippen LogP contribution is -2.26. The molecule has 7 heteroatoms. The van der Waals surface area contributed by atoms with Crippen molar-refractivity contribution >= 4 is 33.2 Å². The summed E-state index contributed by atoms with van der Waals surface area (Å²) in [5, 5.41) is 0.204. The molecule has 0 radical (unpaired) electrons. The van der Waals surface area contributed by atoms with Gasteiger partial charge in [-0.2, -0.15) is 0 Å². The van der Waals surface area contributed by atoms with Crippen LogP contribution in [0.5, 0.6) is 0 Å². The normalized spacial score (nSPS) is 11.6. The van der Waals surface area contributed by atoms with Crippen LogP contribution in [0.4, 0.5) is 0 Å². The second-order valence-electron chi connectivity index (χ2n) is 4.84. The van der Waals surface area contributed by atoms with Crippen LogP contribution in [0.15, 0.2) is 53.4 Å². The minimum absolute atomic E-state index is 0.0893. The van der Waals surface area contributed by atoms with E-state index in [0.717, 1.165) is 5.56 Å². The first-order valence-electron chi connectivity index (χ1n) is 7.06. The Kier molecular flexibility index (Phi) is 6.87. The Morgan fingerprint density at radius 2 is 1.61 bits per heavy atom. The molecular formula is C16H17Cl2NO3S. The van der Waals surface area contributed by atoms with Crippen LogP contribution in [0, 0.1) is 0 Å². The van der Waals surface area contributed by atoms with E-state index in [1.54, 1.807) is 6.07 Å². The fraction of sp³-hybridized carbons (Fsp3) is 0.250. The van der Waals surface area contributed by atoms with E-state index >= 15 is 0 Å². The summed E-state index contributed by atoms with van der Waals surface area (Å²) in [5.74, 6) is 0. The van der Waals surface area contributed by atoms with E-state index in [9.17, 15) is 8.42 Å². The molecule has 0 bridgehead atoms. The van der Waals surface area contributed by atoms with Crippen LogP contribution in [0.3, 0.4) is 0 Å². The lowest BCUT2D eigenvalue weighted by molar-refractivity contribution is 0.119. The molecule has 4 nitrogen and oxygen atoms in total. The van der Waals surface area contributed by atoms with Crippen LogP contribution in [0.1, 0.15) is 12.0 Å². The summed E-state index contributed by atoms with van der Waals surface area (Å²) in [6.07, 6.45) is 0.550. The average Bonchev–Trinajstić information content (AvgIpc) is 2.51. The van der Waals surface area contributed by atoms with E-state index in [0.29, 0.717) is 19.6 Å². The zero-order valence-corrected chi connectivity index (χ0v) is 14.7. The Morgan fingerprint density at radius 1 is 0.957 bits per heavy atom. The number of ether oxygens (including phenoxy) is 1. The molecule has 2 rings (SSSR count). The first-order valence-corrected chi connectivity index (χ1v) is 9.30. The molecule has 0 atom stereocenters. The molecule has 0 fully saturated rings. The number of hydrogen-bond acceptors (Lipinski definition) is 3. The summed E-state index contributed by atoms with van der Waals surface area (Å²) in [6, 6.07) is 14.4. The van der Waals surface area contributed by atoms with Crippen molar-refractivity contribution in [1.82, 2.24) is 4.72 Å². The van der Waals surface area contributed by atoms with Gasteiger partial charge in [-0.05, 0) is 24.1 Å². The van der Waals surface area contributed by atoms with E-state index in [1.807, 2.05) is 30.3 Å². The molecule has 0 aromatic heterocycles. The molecule has 2 aromatic rings. The molecule has 0 unspecified atom stereocenters. The molecule has 0 saturated carbocycles. The Bertz CT molecular complexity index is 716. The third kappa shape index (κ3) is 5.48. The van der Waals surface area contributed by atoms with Gasteiger partial charge in [0, 0.05) is 13.2 Å². The summed E-state index contributed by atoms with van der Waals surface area (Å²) >= 11 is 11.8. The van der Waals surface area contributed by atoms with Crippen molar-refractivity contribution in [3.63, 3.8) is 0 Å². The number of halogens is 2. The van der Waals surface area contributed by atoms with Crippen molar-refractivity contribution in [2.75, 3.05) is 13.2 Å². The van der Waals surface area contributed by atoms with Crippen LogP contribution in [-0.2, 0) is 21.4 Å². The molecule has 0 aliphatic rings. The summed E-state index contributed by atoms with van der Waals surface area (Å²) < 4.78 is 32.4. The van der Waals surface area contributed by atoms with Gasteiger partial charge in [-0.1, -0.05) is 59.6 Å². The number of nitrogens with one attached hydrogen (secondary N) is 1. The van der Waals surface area contributed by atoms with Gasteiger partial charge < -0.3 is 4.74 Å². The highest BCUT2D eigenvalue weighted by molar-refractivity contribution is 7.89. The van der Waals surface area contributed by atoms with Gasteiger partial charge in [0.15, 0.2) is 0 Å². The number of benzene rings is 2. The second-order valence-corrected chi connectivity index (χ2v) is 7.36. The molecule has 0 spiro atoms. The minimum atomic E-state index is -3.73. The highest BCUT2D eigenvalue weighted by Gasteiger charge is 2.20. The van der Waals surface area contributed by atoms with Crippen molar-refractivity contribution in [3.05, 3.63) is 64.1 Å².